The summed E-state index contributed by atoms with van der Waals surface area (Å²) in [6.45, 7) is 6.57. The lowest BCUT2D eigenvalue weighted by molar-refractivity contribution is 0.0938. The molecule has 0 aliphatic rings. The highest BCUT2D eigenvalue weighted by molar-refractivity contribution is 5.93. The van der Waals surface area contributed by atoms with Gasteiger partial charge in [0.15, 0.2) is 0 Å². The van der Waals surface area contributed by atoms with Crippen LogP contribution in [0.4, 0.5) is 4.79 Å². The van der Waals surface area contributed by atoms with E-state index in [1.807, 2.05) is 71.5 Å². The van der Waals surface area contributed by atoms with Crippen LogP contribution in [-0.2, 0) is 20.0 Å². The average molecular weight is 551 g/mol. The monoisotopic (exact) mass is 550 g/mol. The van der Waals surface area contributed by atoms with Gasteiger partial charge in [0.25, 0.3) is 5.91 Å². The number of carboxylic acid groups (broad SMARTS) is 1. The fourth-order valence-corrected chi connectivity index (χ4v) is 5.25. The Labute approximate surface area is 238 Å². The molecule has 2 N–H and O–H groups in total. The number of rotatable bonds is 8. The maximum absolute atomic E-state index is 13.3. The summed E-state index contributed by atoms with van der Waals surface area (Å²) in [5.74, 6) is -0.239. The second-order valence-corrected chi connectivity index (χ2v) is 10.5. The number of imidazole rings is 2. The first kappa shape index (κ1) is 27.6. The molecule has 0 saturated carbocycles. The predicted octanol–water partition coefficient (Wildman–Crippen LogP) is 4.94. The molecule has 2 aromatic heterocycles. The minimum atomic E-state index is -1.28. The van der Waals surface area contributed by atoms with Gasteiger partial charge in [0, 0.05) is 13.6 Å². The van der Waals surface area contributed by atoms with Crippen LogP contribution in [0.3, 0.4) is 0 Å². The molecule has 5 aromatic rings. The van der Waals surface area contributed by atoms with E-state index in [4.69, 9.17) is 0 Å². The average Bonchev–Trinajstić information content (AvgIpc) is 3.44. The van der Waals surface area contributed by atoms with Gasteiger partial charge in [-0.15, -0.1) is 4.99 Å². The van der Waals surface area contributed by atoms with Gasteiger partial charge in [-0.1, -0.05) is 71.8 Å². The number of amides is 2. The number of aryl methyl sites for hydroxylation is 4. The van der Waals surface area contributed by atoms with Gasteiger partial charge in [-0.2, -0.15) is 0 Å². The van der Waals surface area contributed by atoms with Crippen molar-refractivity contribution in [3.8, 4) is 0 Å². The number of carbonyl (C=O) groups excluding carboxylic acids is 1. The maximum Gasteiger partial charge on any atom is 0.434 e. The summed E-state index contributed by atoms with van der Waals surface area (Å²) < 4.78 is 5.59. The van der Waals surface area contributed by atoms with Crippen LogP contribution in [0.15, 0.2) is 84.1 Å². The molecule has 210 valence electrons. The third kappa shape index (κ3) is 5.99. The Morgan fingerprint density at radius 3 is 2.10 bits per heavy atom. The highest BCUT2D eigenvalue weighted by Gasteiger charge is 2.23. The number of hydrogen-bond donors (Lipinski definition) is 2. The van der Waals surface area contributed by atoms with E-state index in [0.29, 0.717) is 30.0 Å². The van der Waals surface area contributed by atoms with Crippen LogP contribution in [0.25, 0.3) is 11.0 Å². The van der Waals surface area contributed by atoms with Crippen LogP contribution in [-0.4, -0.2) is 42.3 Å². The van der Waals surface area contributed by atoms with Crippen LogP contribution < -0.4 is 10.9 Å². The molecule has 0 aliphatic heterocycles. The summed E-state index contributed by atoms with van der Waals surface area (Å²) in [4.78, 5) is 33.7. The van der Waals surface area contributed by atoms with Gasteiger partial charge < -0.3 is 24.1 Å². The lowest BCUT2D eigenvalue weighted by Crippen LogP contribution is -2.38. The van der Waals surface area contributed by atoms with Gasteiger partial charge in [-0.05, 0) is 50.5 Å². The molecule has 9 nitrogen and oxygen atoms in total. The highest BCUT2D eigenvalue weighted by atomic mass is 16.4. The molecule has 41 heavy (non-hydrogen) atoms. The first-order chi connectivity index (χ1) is 19.7. The topological polar surface area (TPSA) is 106 Å². The summed E-state index contributed by atoms with van der Waals surface area (Å²) in [6.07, 6.45) is 0.886. The second-order valence-electron chi connectivity index (χ2n) is 10.5. The molecule has 3 aromatic carbocycles. The number of para-hydroxylation sites is 2. The van der Waals surface area contributed by atoms with E-state index in [2.05, 4.69) is 39.6 Å². The quantitative estimate of drug-likeness (QED) is 0.285. The lowest BCUT2D eigenvalue weighted by atomic mass is 10.0. The van der Waals surface area contributed by atoms with Crippen LogP contribution in [0.1, 0.15) is 44.5 Å². The zero-order chi connectivity index (χ0) is 29.1. The molecule has 0 aliphatic carbocycles. The van der Waals surface area contributed by atoms with Gasteiger partial charge in [0.2, 0.25) is 5.62 Å². The van der Waals surface area contributed by atoms with Gasteiger partial charge in [-0.25, -0.2) is 9.78 Å². The largest absolute Gasteiger partial charge is 0.463 e. The van der Waals surface area contributed by atoms with E-state index in [1.165, 1.54) is 0 Å². The number of fused-ring (bicyclic) bond motifs is 1. The number of carbonyl (C=O) groups is 2. The van der Waals surface area contributed by atoms with Gasteiger partial charge >= 0.3 is 6.09 Å². The predicted molar refractivity (Wildman–Crippen MR) is 158 cm³/mol. The normalized spacial score (nSPS) is 12.5. The maximum atomic E-state index is 13.3. The van der Waals surface area contributed by atoms with Crippen molar-refractivity contribution >= 4 is 23.0 Å². The molecule has 1 atom stereocenters. The van der Waals surface area contributed by atoms with Crippen molar-refractivity contribution in [2.24, 2.45) is 12.0 Å². The van der Waals surface area contributed by atoms with E-state index in [0.717, 1.165) is 33.3 Å². The molecule has 9 heteroatoms. The van der Waals surface area contributed by atoms with Crippen LogP contribution >= 0.6 is 0 Å². The summed E-state index contributed by atoms with van der Waals surface area (Å²) in [7, 11) is 1.79. The van der Waals surface area contributed by atoms with Crippen molar-refractivity contribution in [3.63, 3.8) is 0 Å². The molecule has 0 radical (unpaired) electrons. The van der Waals surface area contributed by atoms with Crippen LogP contribution in [0.2, 0.25) is 0 Å². The number of hydrogen-bond acceptors (Lipinski definition) is 3. The Morgan fingerprint density at radius 2 is 1.51 bits per heavy atom. The first-order valence-electron chi connectivity index (χ1n) is 13.6. The van der Waals surface area contributed by atoms with Gasteiger partial charge in [0.1, 0.15) is 5.69 Å². The molecule has 0 spiro atoms. The van der Waals surface area contributed by atoms with E-state index < -0.39 is 6.09 Å². The zero-order valence-electron chi connectivity index (χ0n) is 23.7. The number of benzene rings is 3. The minimum absolute atomic E-state index is 0.239. The van der Waals surface area contributed by atoms with Crippen LogP contribution in [0.5, 0.6) is 0 Å². The molecule has 5 rings (SSSR count). The number of aromatic nitrogens is 4. The number of nitrogens with one attached hydrogen (secondary N) is 1. The Bertz CT molecular complexity index is 1760. The standard InChI is InChI=1S/C32H34N6O3/c1-21-9-13-24(14-10-21)17-26(18-33-30(39)29-23(3)34-20-36(29)4)38-28-8-6-5-7-27(28)37(31(38)35-32(40)41)19-25-15-11-22(2)12-16-25/h5-16,20,26H,17-19H2,1-4H3,(H,33,39)(H,40,41)/b35-31+/t26-/m0/s1. The molecule has 2 heterocycles. The third-order valence-electron chi connectivity index (χ3n) is 7.34. The summed E-state index contributed by atoms with van der Waals surface area (Å²) in [5.41, 5.74) is 7.52. The Hall–Kier alpha value is -4.92. The van der Waals surface area contributed by atoms with Crippen molar-refractivity contribution in [2.75, 3.05) is 6.54 Å². The van der Waals surface area contributed by atoms with E-state index in [1.54, 1.807) is 24.9 Å². The third-order valence-corrected chi connectivity index (χ3v) is 7.34. The lowest BCUT2D eigenvalue weighted by Gasteiger charge is -2.21. The fraction of sp³-hybridized carbons (Fsp3) is 0.250. The Kier molecular flexibility index (Phi) is 7.87. The fourth-order valence-electron chi connectivity index (χ4n) is 5.25. The minimum Gasteiger partial charge on any atom is -0.463 e. The van der Waals surface area contributed by atoms with E-state index in [-0.39, 0.29) is 18.5 Å². The second kappa shape index (κ2) is 11.7. The van der Waals surface area contributed by atoms with Crippen molar-refractivity contribution in [2.45, 2.75) is 39.8 Å². The first-order valence-corrected chi connectivity index (χ1v) is 13.6. The van der Waals surface area contributed by atoms with Crippen molar-refractivity contribution in [1.82, 2.24) is 24.0 Å². The smallest absolute Gasteiger partial charge is 0.434 e. The van der Waals surface area contributed by atoms with Gasteiger partial charge in [-0.3, -0.25) is 4.79 Å². The summed E-state index contributed by atoms with van der Waals surface area (Å²) in [6, 6.07) is 23.9. The summed E-state index contributed by atoms with van der Waals surface area (Å²) in [5, 5.41) is 13.0. The molecular formula is C32H34N6O3. The van der Waals surface area contributed by atoms with E-state index in [9.17, 15) is 14.7 Å². The van der Waals surface area contributed by atoms with Crippen LogP contribution in [0, 0.1) is 20.8 Å². The van der Waals surface area contributed by atoms with Crippen molar-refractivity contribution in [3.05, 3.63) is 118 Å². The molecule has 2 amide bonds. The highest BCUT2D eigenvalue weighted by Crippen LogP contribution is 2.22. The SMILES string of the molecule is Cc1ccc(C[C@@H](CNC(=O)c2c(C)ncn2C)n2/c(=N/C(=O)O)n(Cc3ccc(C)cc3)c3ccccc32)cc1. The molecule has 0 unspecified atom stereocenters. The summed E-state index contributed by atoms with van der Waals surface area (Å²) >= 11 is 0. The van der Waals surface area contributed by atoms with E-state index >= 15 is 0 Å². The Morgan fingerprint density at radius 1 is 0.902 bits per heavy atom. The molecule has 0 fully saturated rings. The van der Waals surface area contributed by atoms with Crippen molar-refractivity contribution in [1.29, 1.82) is 0 Å². The molecule has 0 bridgehead atoms. The van der Waals surface area contributed by atoms with Crippen molar-refractivity contribution < 1.29 is 14.7 Å². The Balaban J connectivity index is 1.65. The number of nitrogens with zero attached hydrogens (tertiary/aromatic N) is 5. The molecule has 0 saturated heterocycles. The zero-order valence-corrected chi connectivity index (χ0v) is 23.7. The van der Waals surface area contributed by atoms with Gasteiger partial charge in [0.05, 0.1) is 35.6 Å². The molecular weight excluding hydrogens is 516 g/mol.